The van der Waals surface area contributed by atoms with E-state index in [0.29, 0.717) is 37.1 Å². The third-order valence-corrected chi connectivity index (χ3v) is 11.8. The van der Waals surface area contributed by atoms with Gasteiger partial charge >= 0.3 is 5.97 Å². The predicted octanol–water partition coefficient (Wildman–Crippen LogP) is 4.42. The largest absolute Gasteiger partial charge is 0.458 e. The molecule has 0 saturated heterocycles. The van der Waals surface area contributed by atoms with Crippen LogP contribution >= 0.6 is 23.2 Å². The van der Waals surface area contributed by atoms with Gasteiger partial charge in [0.1, 0.15) is 6.61 Å². The van der Waals surface area contributed by atoms with E-state index in [4.69, 9.17) is 27.9 Å². The first-order chi connectivity index (χ1) is 18.9. The van der Waals surface area contributed by atoms with Crippen LogP contribution in [0, 0.1) is 28.6 Å². The number of carbonyl (C=O) groups excluding carboxylic acids is 2. The minimum atomic E-state index is -1.21. The first-order valence-electron chi connectivity index (χ1n) is 14.2. The number of nitrogens with zero attached hydrogens (tertiary/aromatic N) is 1. The SMILES string of the molecule is CC12CC[C@H]3[C@@H](CCC4(O)C[C@H](O)CCC34/C=N/NC(=O)c3ccc(Cl)cc3Cl)C1(O)CCC2C1=CC(=O)OC1. The van der Waals surface area contributed by atoms with Gasteiger partial charge in [0.2, 0.25) is 0 Å². The Morgan fingerprint density at radius 2 is 1.88 bits per heavy atom. The highest BCUT2D eigenvalue weighted by atomic mass is 35.5. The molecule has 8 atom stereocenters. The Labute approximate surface area is 243 Å². The molecule has 216 valence electrons. The summed E-state index contributed by atoms with van der Waals surface area (Å²) in [6.07, 6.45) is 7.80. The van der Waals surface area contributed by atoms with Crippen LogP contribution in [0.1, 0.15) is 75.1 Å². The first-order valence-corrected chi connectivity index (χ1v) is 15.0. The molecule has 0 spiro atoms. The normalized spacial score (nSPS) is 42.5. The molecule has 0 aromatic heterocycles. The Bertz CT molecular complexity index is 1300. The molecule has 1 aromatic carbocycles. The second-order valence-electron chi connectivity index (χ2n) is 12.8. The monoisotopic (exact) mass is 590 g/mol. The summed E-state index contributed by atoms with van der Waals surface area (Å²) in [5.41, 5.74) is 0.345. The number of hydrazone groups is 1. The minimum absolute atomic E-state index is 0.0620. The van der Waals surface area contributed by atoms with Crippen LogP contribution in [0.3, 0.4) is 0 Å². The molecule has 0 bridgehead atoms. The van der Waals surface area contributed by atoms with Gasteiger partial charge in [-0.2, -0.15) is 5.10 Å². The maximum absolute atomic E-state index is 12.9. The number of hydrogen-bond donors (Lipinski definition) is 4. The fraction of sp³-hybridized carbons (Fsp3) is 0.633. The van der Waals surface area contributed by atoms with Crippen molar-refractivity contribution in [3.05, 3.63) is 45.5 Å². The average molecular weight is 592 g/mol. The molecule has 1 aliphatic heterocycles. The first kappa shape index (κ1) is 28.2. The summed E-state index contributed by atoms with van der Waals surface area (Å²) in [6.45, 7) is 2.43. The van der Waals surface area contributed by atoms with E-state index in [1.807, 2.05) is 0 Å². The number of hydrogen-bond acceptors (Lipinski definition) is 7. The summed E-state index contributed by atoms with van der Waals surface area (Å²) in [5, 5.41) is 40.2. The average Bonchev–Trinajstić information content (AvgIpc) is 3.43. The number of esters is 1. The molecule has 1 heterocycles. The van der Waals surface area contributed by atoms with Crippen LogP contribution in [-0.4, -0.2) is 57.3 Å². The number of amides is 1. The van der Waals surface area contributed by atoms with E-state index in [0.717, 1.165) is 24.8 Å². The van der Waals surface area contributed by atoms with Crippen LogP contribution in [0.2, 0.25) is 10.0 Å². The standard InChI is InChI=1S/C30H36Cl2N2O6/c1-27-8-5-22-23(30(27,39)11-7-21(27)17-12-25(36)40-15-17)6-10-29(38)14-19(35)4-9-28(22,29)16-33-34-26(37)20-3-2-18(31)13-24(20)32/h2-3,12-13,16,19,21-23,35,38-39H,4-11,14-15H2,1H3,(H,34,37)/b33-16+/t19-,21?,22+,23-,27?,28?,29?,30?/m1/s1. The van der Waals surface area contributed by atoms with E-state index in [2.05, 4.69) is 17.5 Å². The second-order valence-corrected chi connectivity index (χ2v) is 13.7. The van der Waals surface area contributed by atoms with E-state index in [-0.39, 0.29) is 47.3 Å². The van der Waals surface area contributed by atoms with Crippen molar-refractivity contribution in [1.82, 2.24) is 5.43 Å². The molecule has 0 radical (unpaired) electrons. The lowest BCUT2D eigenvalue weighted by Crippen LogP contribution is -2.68. The van der Waals surface area contributed by atoms with Crippen molar-refractivity contribution in [3.63, 3.8) is 0 Å². The summed E-state index contributed by atoms with van der Waals surface area (Å²) < 4.78 is 5.22. The van der Waals surface area contributed by atoms with E-state index in [9.17, 15) is 24.9 Å². The fourth-order valence-electron chi connectivity index (χ4n) is 9.30. The van der Waals surface area contributed by atoms with Crippen molar-refractivity contribution in [2.75, 3.05) is 6.61 Å². The van der Waals surface area contributed by atoms with E-state index in [1.165, 1.54) is 12.1 Å². The number of cyclic esters (lactones) is 1. The molecule has 4 aliphatic carbocycles. The zero-order valence-corrected chi connectivity index (χ0v) is 24.0. The third-order valence-electron chi connectivity index (χ3n) is 11.3. The highest BCUT2D eigenvalue weighted by Crippen LogP contribution is 2.70. The summed E-state index contributed by atoms with van der Waals surface area (Å²) in [6, 6.07) is 4.60. The number of benzene rings is 1. The lowest BCUT2D eigenvalue weighted by atomic mass is 9.41. The van der Waals surface area contributed by atoms with E-state index < -0.39 is 34.0 Å². The molecule has 5 unspecified atom stereocenters. The highest BCUT2D eigenvalue weighted by Gasteiger charge is 2.71. The third kappa shape index (κ3) is 4.09. The van der Waals surface area contributed by atoms with Crippen LogP contribution in [-0.2, 0) is 9.53 Å². The molecule has 1 amide bonds. The van der Waals surface area contributed by atoms with Crippen molar-refractivity contribution < 1.29 is 29.6 Å². The van der Waals surface area contributed by atoms with Gasteiger partial charge in [-0.15, -0.1) is 0 Å². The van der Waals surface area contributed by atoms with Crippen LogP contribution in [0.25, 0.3) is 0 Å². The van der Waals surface area contributed by atoms with Gasteiger partial charge in [-0.1, -0.05) is 30.1 Å². The van der Waals surface area contributed by atoms with Crippen LogP contribution in [0.5, 0.6) is 0 Å². The Morgan fingerprint density at radius 1 is 1.10 bits per heavy atom. The fourth-order valence-corrected chi connectivity index (χ4v) is 9.79. The van der Waals surface area contributed by atoms with Gasteiger partial charge in [-0.05, 0) is 92.9 Å². The van der Waals surface area contributed by atoms with Gasteiger partial charge < -0.3 is 20.1 Å². The lowest BCUT2D eigenvalue weighted by molar-refractivity contribution is -0.237. The second kappa shape index (κ2) is 9.80. The van der Waals surface area contributed by atoms with Gasteiger partial charge in [-0.25, -0.2) is 10.2 Å². The molecule has 40 heavy (non-hydrogen) atoms. The molecule has 10 heteroatoms. The maximum Gasteiger partial charge on any atom is 0.331 e. The van der Waals surface area contributed by atoms with Crippen molar-refractivity contribution in [3.8, 4) is 0 Å². The quantitative estimate of drug-likeness (QED) is 0.233. The summed E-state index contributed by atoms with van der Waals surface area (Å²) >= 11 is 12.2. The predicted molar refractivity (Wildman–Crippen MR) is 150 cm³/mol. The zero-order valence-electron chi connectivity index (χ0n) is 22.5. The Hall–Kier alpha value is -1.97. The van der Waals surface area contributed by atoms with Crippen molar-refractivity contribution in [2.45, 2.75) is 82.0 Å². The maximum atomic E-state index is 12.9. The van der Waals surface area contributed by atoms with Gasteiger partial charge in [0.05, 0.1) is 27.9 Å². The molecular formula is C30H36Cl2N2O6. The van der Waals surface area contributed by atoms with Crippen molar-refractivity contribution in [2.24, 2.45) is 33.7 Å². The number of carbonyl (C=O) groups is 2. The minimum Gasteiger partial charge on any atom is -0.458 e. The van der Waals surface area contributed by atoms with Gasteiger partial charge in [0, 0.05) is 34.6 Å². The highest BCUT2D eigenvalue weighted by molar-refractivity contribution is 6.36. The van der Waals surface area contributed by atoms with Crippen LogP contribution in [0.15, 0.2) is 34.9 Å². The Balaban J connectivity index is 1.32. The summed E-state index contributed by atoms with van der Waals surface area (Å²) in [4.78, 5) is 24.7. The van der Waals surface area contributed by atoms with Crippen molar-refractivity contribution in [1.29, 1.82) is 0 Å². The molecule has 4 saturated carbocycles. The molecule has 8 nitrogen and oxygen atoms in total. The Kier molecular flexibility index (Phi) is 6.90. The van der Waals surface area contributed by atoms with E-state index in [1.54, 1.807) is 18.4 Å². The topological polar surface area (TPSA) is 128 Å². The van der Waals surface area contributed by atoms with Gasteiger partial charge in [0.15, 0.2) is 0 Å². The number of fused-ring (bicyclic) bond motifs is 5. The molecule has 1 aromatic rings. The molecule has 4 fully saturated rings. The van der Waals surface area contributed by atoms with Crippen molar-refractivity contribution >= 4 is 41.3 Å². The van der Waals surface area contributed by atoms with Crippen LogP contribution < -0.4 is 5.43 Å². The smallest absolute Gasteiger partial charge is 0.331 e. The number of ether oxygens (including phenoxy) is 1. The number of nitrogens with one attached hydrogen (secondary N) is 1. The van der Waals surface area contributed by atoms with Gasteiger partial charge in [0.25, 0.3) is 5.91 Å². The Morgan fingerprint density at radius 3 is 2.60 bits per heavy atom. The molecular weight excluding hydrogens is 555 g/mol. The molecule has 4 N–H and O–H groups in total. The number of aliphatic hydroxyl groups is 3. The molecule has 6 rings (SSSR count). The van der Waals surface area contributed by atoms with Crippen LogP contribution in [0.4, 0.5) is 0 Å². The summed E-state index contributed by atoms with van der Waals surface area (Å²) in [5.74, 6) is -0.935. The van der Waals surface area contributed by atoms with Gasteiger partial charge in [-0.3, -0.25) is 4.79 Å². The number of aliphatic hydroxyl groups excluding tert-OH is 1. The zero-order chi connectivity index (χ0) is 28.5. The molecule has 5 aliphatic rings. The summed E-state index contributed by atoms with van der Waals surface area (Å²) in [7, 11) is 0. The lowest BCUT2D eigenvalue weighted by Gasteiger charge is -2.65. The number of rotatable bonds is 4. The number of halogens is 2. The van der Waals surface area contributed by atoms with E-state index >= 15 is 0 Å².